The quantitative estimate of drug-likeness (QED) is 0.855. The number of nitrogens with one attached hydrogen (secondary N) is 1. The van der Waals surface area contributed by atoms with E-state index in [1.165, 1.54) is 16.7 Å². The number of methoxy groups -OCH3 is 1. The lowest BCUT2D eigenvalue weighted by Crippen LogP contribution is -2.34. The second-order valence-corrected chi connectivity index (χ2v) is 5.73. The van der Waals surface area contributed by atoms with Gasteiger partial charge in [0.05, 0.1) is 7.11 Å². The molecule has 0 aliphatic heterocycles. The molecule has 0 saturated heterocycles. The second-order valence-electron chi connectivity index (χ2n) is 5.73. The Hall–Kier alpha value is -1.06. The largest absolute Gasteiger partial charge is 0.496 e. The highest BCUT2D eigenvalue weighted by atomic mass is 16.5. The molecular weight excluding hydrogens is 236 g/mol. The van der Waals surface area contributed by atoms with E-state index < -0.39 is 0 Å². The van der Waals surface area contributed by atoms with Crippen LogP contribution in [0.25, 0.3) is 0 Å². The van der Waals surface area contributed by atoms with E-state index in [-0.39, 0.29) is 0 Å². The first-order chi connectivity index (χ1) is 8.86. The maximum Gasteiger partial charge on any atom is 0.124 e. The predicted octanol–water partition coefficient (Wildman–Crippen LogP) is 2.91. The number of rotatable bonds is 6. The fourth-order valence-electron chi connectivity index (χ4n) is 2.44. The molecule has 0 aliphatic rings. The van der Waals surface area contributed by atoms with Gasteiger partial charge in [-0.25, -0.2) is 0 Å². The van der Waals surface area contributed by atoms with Crippen LogP contribution in [-0.4, -0.2) is 38.7 Å². The molecule has 1 aromatic carbocycles. The lowest BCUT2D eigenvalue weighted by molar-refractivity contribution is 0.282. The monoisotopic (exact) mass is 264 g/mol. The van der Waals surface area contributed by atoms with E-state index in [1.54, 1.807) is 7.11 Å². The molecule has 1 rings (SSSR count). The highest BCUT2D eigenvalue weighted by molar-refractivity contribution is 5.44. The van der Waals surface area contributed by atoms with Crippen LogP contribution in [0.5, 0.6) is 5.75 Å². The average molecular weight is 264 g/mol. The van der Waals surface area contributed by atoms with Crippen molar-refractivity contribution in [2.75, 3.05) is 27.7 Å². The van der Waals surface area contributed by atoms with Gasteiger partial charge in [-0.15, -0.1) is 0 Å². The van der Waals surface area contributed by atoms with Gasteiger partial charge in [0.1, 0.15) is 5.75 Å². The van der Waals surface area contributed by atoms with Crippen molar-refractivity contribution in [3.8, 4) is 5.75 Å². The van der Waals surface area contributed by atoms with Crippen molar-refractivity contribution in [2.24, 2.45) is 0 Å². The van der Waals surface area contributed by atoms with Crippen molar-refractivity contribution in [2.45, 2.75) is 39.8 Å². The van der Waals surface area contributed by atoms with E-state index >= 15 is 0 Å². The second kappa shape index (κ2) is 6.92. The van der Waals surface area contributed by atoms with E-state index in [0.29, 0.717) is 12.1 Å². The molecule has 0 aliphatic carbocycles. The van der Waals surface area contributed by atoms with Gasteiger partial charge in [-0.05, 0) is 44.6 Å². The van der Waals surface area contributed by atoms with Crippen LogP contribution in [0.15, 0.2) is 12.1 Å². The minimum atomic E-state index is 0.380. The maximum atomic E-state index is 5.44. The van der Waals surface area contributed by atoms with Crippen molar-refractivity contribution in [1.82, 2.24) is 10.2 Å². The highest BCUT2D eigenvalue weighted by Gasteiger charge is 2.16. The van der Waals surface area contributed by atoms with Crippen LogP contribution in [0.2, 0.25) is 0 Å². The number of hydrogen-bond donors (Lipinski definition) is 1. The topological polar surface area (TPSA) is 24.5 Å². The molecule has 1 N–H and O–H groups in total. The third-order valence-electron chi connectivity index (χ3n) is 3.41. The minimum absolute atomic E-state index is 0.380. The molecule has 19 heavy (non-hydrogen) atoms. The number of likely N-dealkylation sites (N-methyl/N-ethyl adjacent to an activating group) is 1. The van der Waals surface area contributed by atoms with Crippen LogP contribution in [0.3, 0.4) is 0 Å². The van der Waals surface area contributed by atoms with Crippen molar-refractivity contribution < 1.29 is 4.74 Å². The standard InChI is InChI=1S/C16H28N2O/c1-11(2)17-10-15(18(5)6)14-8-12(3)16(19-7)13(4)9-14/h8-9,11,15,17H,10H2,1-7H3. The summed E-state index contributed by atoms with van der Waals surface area (Å²) in [6.45, 7) is 9.53. The van der Waals surface area contributed by atoms with Gasteiger partial charge in [-0.2, -0.15) is 0 Å². The Bertz CT molecular complexity index is 390. The number of hydrogen-bond acceptors (Lipinski definition) is 3. The van der Waals surface area contributed by atoms with Crippen LogP contribution in [-0.2, 0) is 0 Å². The molecule has 1 unspecified atom stereocenters. The van der Waals surface area contributed by atoms with E-state index in [9.17, 15) is 0 Å². The van der Waals surface area contributed by atoms with Crippen LogP contribution in [0.1, 0.15) is 36.6 Å². The molecular formula is C16H28N2O. The summed E-state index contributed by atoms with van der Waals surface area (Å²) in [5.74, 6) is 0.998. The molecule has 0 bridgehead atoms. The first kappa shape index (κ1) is 16.0. The Morgan fingerprint density at radius 3 is 2.05 bits per heavy atom. The first-order valence-electron chi connectivity index (χ1n) is 6.91. The number of ether oxygens (including phenoxy) is 1. The van der Waals surface area contributed by atoms with Gasteiger partial charge in [0.15, 0.2) is 0 Å². The van der Waals surface area contributed by atoms with Crippen molar-refractivity contribution in [3.05, 3.63) is 28.8 Å². The van der Waals surface area contributed by atoms with E-state index in [2.05, 4.69) is 64.1 Å². The van der Waals surface area contributed by atoms with Crippen molar-refractivity contribution in [3.63, 3.8) is 0 Å². The Morgan fingerprint density at radius 1 is 1.16 bits per heavy atom. The fourth-order valence-corrected chi connectivity index (χ4v) is 2.44. The lowest BCUT2D eigenvalue weighted by atomic mass is 9.99. The summed E-state index contributed by atoms with van der Waals surface area (Å²) in [6, 6.07) is 5.35. The predicted molar refractivity (Wildman–Crippen MR) is 82.0 cm³/mol. The molecule has 0 spiro atoms. The summed E-state index contributed by atoms with van der Waals surface area (Å²) >= 11 is 0. The van der Waals surface area contributed by atoms with Gasteiger partial charge in [0, 0.05) is 18.6 Å². The summed E-state index contributed by atoms with van der Waals surface area (Å²) in [4.78, 5) is 2.26. The number of benzene rings is 1. The Morgan fingerprint density at radius 2 is 1.68 bits per heavy atom. The van der Waals surface area contributed by atoms with Gasteiger partial charge in [-0.1, -0.05) is 26.0 Å². The smallest absolute Gasteiger partial charge is 0.124 e. The molecule has 3 heteroatoms. The molecule has 0 aromatic heterocycles. The lowest BCUT2D eigenvalue weighted by Gasteiger charge is -2.27. The maximum absolute atomic E-state index is 5.44. The minimum Gasteiger partial charge on any atom is -0.496 e. The zero-order valence-corrected chi connectivity index (χ0v) is 13.4. The van der Waals surface area contributed by atoms with Crippen LogP contribution in [0, 0.1) is 13.8 Å². The van der Waals surface area contributed by atoms with Crippen LogP contribution < -0.4 is 10.1 Å². The number of aryl methyl sites for hydroxylation is 2. The summed E-state index contributed by atoms with van der Waals surface area (Å²) < 4.78 is 5.44. The fraction of sp³-hybridized carbons (Fsp3) is 0.625. The van der Waals surface area contributed by atoms with Crippen LogP contribution >= 0.6 is 0 Å². The Labute approximate surface area is 118 Å². The number of nitrogens with zero attached hydrogens (tertiary/aromatic N) is 1. The summed E-state index contributed by atoms with van der Waals surface area (Å²) in [7, 11) is 5.99. The molecule has 0 radical (unpaired) electrons. The summed E-state index contributed by atoms with van der Waals surface area (Å²) in [5, 5.41) is 3.52. The van der Waals surface area contributed by atoms with E-state index in [4.69, 9.17) is 4.74 Å². The van der Waals surface area contributed by atoms with Crippen molar-refractivity contribution in [1.29, 1.82) is 0 Å². The molecule has 1 aromatic rings. The van der Waals surface area contributed by atoms with E-state index in [0.717, 1.165) is 12.3 Å². The molecule has 0 saturated carbocycles. The molecule has 108 valence electrons. The highest BCUT2D eigenvalue weighted by Crippen LogP contribution is 2.28. The third-order valence-corrected chi connectivity index (χ3v) is 3.41. The average Bonchev–Trinajstić information content (AvgIpc) is 2.27. The normalized spacial score (nSPS) is 13.1. The first-order valence-corrected chi connectivity index (χ1v) is 6.91. The van der Waals surface area contributed by atoms with Gasteiger partial charge in [0.2, 0.25) is 0 Å². The van der Waals surface area contributed by atoms with Gasteiger partial charge < -0.3 is 15.0 Å². The molecule has 0 heterocycles. The molecule has 0 fully saturated rings. The Balaban J connectivity index is 3.03. The summed E-state index contributed by atoms with van der Waals surface area (Å²) in [6.07, 6.45) is 0. The molecule has 3 nitrogen and oxygen atoms in total. The van der Waals surface area contributed by atoms with Gasteiger partial charge >= 0.3 is 0 Å². The zero-order valence-electron chi connectivity index (χ0n) is 13.4. The molecule has 0 amide bonds. The van der Waals surface area contributed by atoms with Gasteiger partial charge in [0.25, 0.3) is 0 Å². The molecule has 1 atom stereocenters. The summed E-state index contributed by atoms with van der Waals surface area (Å²) in [5.41, 5.74) is 3.75. The zero-order chi connectivity index (χ0) is 14.6. The Kier molecular flexibility index (Phi) is 5.83. The SMILES string of the molecule is COc1c(C)cc(C(CNC(C)C)N(C)C)cc1C. The van der Waals surface area contributed by atoms with Gasteiger partial charge in [-0.3, -0.25) is 0 Å². The van der Waals surface area contributed by atoms with Crippen molar-refractivity contribution >= 4 is 0 Å². The van der Waals surface area contributed by atoms with Crippen LogP contribution in [0.4, 0.5) is 0 Å². The third kappa shape index (κ3) is 4.22. The van der Waals surface area contributed by atoms with E-state index in [1.807, 2.05) is 0 Å².